The van der Waals surface area contributed by atoms with Crippen molar-refractivity contribution in [3.05, 3.63) is 56.0 Å². The number of nitrogens with two attached hydrogens (primary N) is 1. The molecule has 0 aliphatic carbocycles. The van der Waals surface area contributed by atoms with E-state index in [0.29, 0.717) is 49.0 Å². The van der Waals surface area contributed by atoms with Crippen molar-refractivity contribution in [1.29, 1.82) is 0 Å². The first-order valence-electron chi connectivity index (χ1n) is 7.97. The van der Waals surface area contributed by atoms with Gasteiger partial charge in [-0.05, 0) is 12.1 Å². The van der Waals surface area contributed by atoms with E-state index in [1.165, 1.54) is 35.6 Å². The van der Waals surface area contributed by atoms with E-state index < -0.39 is 4.92 Å². The molecule has 2 N–H and O–H groups in total. The van der Waals surface area contributed by atoms with Gasteiger partial charge in [0.15, 0.2) is 0 Å². The van der Waals surface area contributed by atoms with Crippen LogP contribution in [0.3, 0.4) is 0 Å². The summed E-state index contributed by atoms with van der Waals surface area (Å²) >= 11 is 1.35. The maximum absolute atomic E-state index is 12.5. The highest BCUT2D eigenvalue weighted by atomic mass is 35.5. The van der Waals surface area contributed by atoms with Gasteiger partial charge in [-0.2, -0.15) is 0 Å². The molecule has 11 heteroatoms. The van der Waals surface area contributed by atoms with Gasteiger partial charge in [0.2, 0.25) is 0 Å². The molecule has 2 aromatic rings. The van der Waals surface area contributed by atoms with Crippen LogP contribution in [0.5, 0.6) is 0 Å². The Hall–Kier alpha value is -2.56. The van der Waals surface area contributed by atoms with Gasteiger partial charge in [0, 0.05) is 55.8 Å². The Morgan fingerprint density at radius 1 is 1.11 bits per heavy atom. The number of piperazine rings is 1. The van der Waals surface area contributed by atoms with Crippen LogP contribution in [0, 0.1) is 10.1 Å². The Labute approximate surface area is 165 Å². The third kappa shape index (κ3) is 4.59. The number of hydrogen-bond acceptors (Lipinski definition) is 7. The van der Waals surface area contributed by atoms with E-state index in [1.807, 2.05) is 0 Å². The molecule has 0 bridgehead atoms. The monoisotopic (exact) mass is 411 g/mol. The summed E-state index contributed by atoms with van der Waals surface area (Å²) in [5.74, 6) is -0.366. The number of nitro benzene ring substituents is 1. The molecule has 0 saturated carbocycles. The molecule has 1 fully saturated rings. The average molecular weight is 412 g/mol. The second-order valence-electron chi connectivity index (χ2n) is 5.72. The van der Waals surface area contributed by atoms with Crippen LogP contribution in [0.25, 0.3) is 0 Å². The Bertz CT molecular complexity index is 834. The third-order valence-corrected chi connectivity index (χ3v) is 5.00. The van der Waals surface area contributed by atoms with E-state index in [0.717, 1.165) is 0 Å². The summed E-state index contributed by atoms with van der Waals surface area (Å²) in [7, 11) is 0. The molecule has 1 aliphatic rings. The highest BCUT2D eigenvalue weighted by Gasteiger charge is 2.26. The first-order valence-corrected chi connectivity index (χ1v) is 8.85. The van der Waals surface area contributed by atoms with E-state index in [-0.39, 0.29) is 29.9 Å². The van der Waals surface area contributed by atoms with Crippen molar-refractivity contribution >= 4 is 41.2 Å². The van der Waals surface area contributed by atoms with Crippen LogP contribution in [0.4, 0.5) is 5.69 Å². The number of non-ortho nitro benzene ring substituents is 1. The van der Waals surface area contributed by atoms with Crippen molar-refractivity contribution in [3.63, 3.8) is 0 Å². The average Bonchev–Trinajstić information content (AvgIpc) is 3.16. The molecule has 2 heterocycles. The number of aromatic nitrogens is 1. The van der Waals surface area contributed by atoms with E-state index in [1.54, 1.807) is 15.2 Å². The van der Waals surface area contributed by atoms with Crippen LogP contribution in [-0.2, 0) is 6.54 Å². The van der Waals surface area contributed by atoms with Crippen LogP contribution >= 0.6 is 23.7 Å². The number of rotatable bonds is 4. The molecule has 1 aromatic heterocycles. The third-order valence-electron chi connectivity index (χ3n) is 4.12. The molecule has 1 aromatic carbocycles. The maximum atomic E-state index is 12.5. The van der Waals surface area contributed by atoms with Gasteiger partial charge in [0.1, 0.15) is 10.7 Å². The number of carbonyl (C=O) groups excluding carboxylic acids is 2. The Balaban J connectivity index is 0.00000261. The number of benzene rings is 1. The van der Waals surface area contributed by atoms with E-state index >= 15 is 0 Å². The molecule has 0 unspecified atom stereocenters. The normalized spacial score (nSPS) is 13.8. The fourth-order valence-electron chi connectivity index (χ4n) is 2.69. The fourth-order valence-corrected chi connectivity index (χ4v) is 3.33. The molecule has 9 nitrogen and oxygen atoms in total. The zero-order valence-corrected chi connectivity index (χ0v) is 15.9. The number of nitrogens with zero attached hydrogens (tertiary/aromatic N) is 4. The highest BCUT2D eigenvalue weighted by molar-refractivity contribution is 7.09. The standard InChI is InChI=1S/C16H17N5O4S.ClH/c17-9-14-18-13(10-26-14)16(23)20-7-5-19(6-8-20)15(22)11-1-3-12(4-2-11)21(24)25;/h1-4,10H,5-9,17H2;1H. The van der Waals surface area contributed by atoms with Crippen LogP contribution < -0.4 is 5.73 Å². The number of hydrogen-bond donors (Lipinski definition) is 1. The molecule has 144 valence electrons. The summed E-state index contributed by atoms with van der Waals surface area (Å²) in [6.45, 7) is 1.92. The number of carbonyl (C=O) groups is 2. The number of amides is 2. The number of halogens is 1. The summed E-state index contributed by atoms with van der Waals surface area (Å²) in [5, 5.41) is 13.1. The lowest BCUT2D eigenvalue weighted by Gasteiger charge is -2.34. The summed E-state index contributed by atoms with van der Waals surface area (Å²) < 4.78 is 0. The van der Waals surface area contributed by atoms with Crippen LogP contribution in [-0.4, -0.2) is 57.7 Å². The van der Waals surface area contributed by atoms with Crippen molar-refractivity contribution in [2.45, 2.75) is 6.54 Å². The van der Waals surface area contributed by atoms with Gasteiger partial charge in [0.25, 0.3) is 17.5 Å². The van der Waals surface area contributed by atoms with Gasteiger partial charge in [-0.3, -0.25) is 19.7 Å². The van der Waals surface area contributed by atoms with E-state index in [9.17, 15) is 19.7 Å². The van der Waals surface area contributed by atoms with Crippen LogP contribution in [0.15, 0.2) is 29.6 Å². The molecule has 0 atom stereocenters. The topological polar surface area (TPSA) is 123 Å². The quantitative estimate of drug-likeness (QED) is 0.601. The molecular formula is C16H18ClN5O4S. The smallest absolute Gasteiger partial charge is 0.273 e. The minimum Gasteiger partial charge on any atom is -0.335 e. The molecule has 2 amide bonds. The summed E-state index contributed by atoms with van der Waals surface area (Å²) in [6, 6.07) is 5.51. The molecule has 1 saturated heterocycles. The van der Waals surface area contributed by atoms with Crippen LogP contribution in [0.2, 0.25) is 0 Å². The SMILES string of the molecule is Cl.NCc1nc(C(=O)N2CCN(C(=O)c3ccc([N+](=O)[O-])cc3)CC2)cs1. The van der Waals surface area contributed by atoms with Gasteiger partial charge >= 0.3 is 0 Å². The molecule has 0 radical (unpaired) electrons. The van der Waals surface area contributed by atoms with Crippen LogP contribution in [0.1, 0.15) is 25.9 Å². The Morgan fingerprint density at radius 2 is 1.67 bits per heavy atom. The summed E-state index contributed by atoms with van der Waals surface area (Å²) in [4.78, 5) is 42.6. The van der Waals surface area contributed by atoms with Gasteiger partial charge in [-0.25, -0.2) is 4.98 Å². The Kier molecular flexibility index (Phi) is 6.83. The van der Waals surface area contributed by atoms with Crippen molar-refractivity contribution in [2.75, 3.05) is 26.2 Å². The second kappa shape index (κ2) is 8.89. The maximum Gasteiger partial charge on any atom is 0.273 e. The largest absolute Gasteiger partial charge is 0.335 e. The fraction of sp³-hybridized carbons (Fsp3) is 0.312. The predicted molar refractivity (Wildman–Crippen MR) is 102 cm³/mol. The molecule has 1 aliphatic heterocycles. The Morgan fingerprint density at radius 3 is 2.15 bits per heavy atom. The zero-order chi connectivity index (χ0) is 18.7. The van der Waals surface area contributed by atoms with Gasteiger partial charge in [-0.15, -0.1) is 23.7 Å². The predicted octanol–water partition coefficient (Wildman–Crippen LogP) is 1.53. The van der Waals surface area contributed by atoms with Crippen molar-refractivity contribution in [3.8, 4) is 0 Å². The molecule has 0 spiro atoms. The summed E-state index contributed by atoms with van der Waals surface area (Å²) in [5.41, 5.74) is 6.23. The second-order valence-corrected chi connectivity index (χ2v) is 6.66. The zero-order valence-electron chi connectivity index (χ0n) is 14.2. The lowest BCUT2D eigenvalue weighted by molar-refractivity contribution is -0.384. The minimum atomic E-state index is -0.507. The number of nitro groups is 1. The first-order chi connectivity index (χ1) is 12.5. The van der Waals surface area contributed by atoms with E-state index in [4.69, 9.17) is 5.73 Å². The summed E-state index contributed by atoms with van der Waals surface area (Å²) in [6.07, 6.45) is 0. The van der Waals surface area contributed by atoms with E-state index in [2.05, 4.69) is 4.98 Å². The van der Waals surface area contributed by atoms with Crippen molar-refractivity contribution < 1.29 is 14.5 Å². The lowest BCUT2D eigenvalue weighted by Crippen LogP contribution is -2.50. The van der Waals surface area contributed by atoms with Gasteiger partial charge in [0.05, 0.1) is 4.92 Å². The van der Waals surface area contributed by atoms with Gasteiger partial charge in [-0.1, -0.05) is 0 Å². The van der Waals surface area contributed by atoms with Crippen molar-refractivity contribution in [1.82, 2.24) is 14.8 Å². The number of thiazole rings is 1. The molecular weight excluding hydrogens is 394 g/mol. The first kappa shape index (κ1) is 20.7. The molecule has 27 heavy (non-hydrogen) atoms. The lowest BCUT2D eigenvalue weighted by atomic mass is 10.1. The minimum absolute atomic E-state index is 0. The molecule has 3 rings (SSSR count). The highest BCUT2D eigenvalue weighted by Crippen LogP contribution is 2.16. The van der Waals surface area contributed by atoms with Crippen molar-refractivity contribution in [2.24, 2.45) is 5.73 Å². The van der Waals surface area contributed by atoms with Gasteiger partial charge < -0.3 is 15.5 Å².